The van der Waals surface area contributed by atoms with Crippen LogP contribution >= 0.6 is 0 Å². The molecule has 0 bridgehead atoms. The Labute approximate surface area is 242 Å². The van der Waals surface area contributed by atoms with Gasteiger partial charge in [0.2, 0.25) is 17.7 Å². The molecule has 0 saturated carbocycles. The summed E-state index contributed by atoms with van der Waals surface area (Å²) in [6.07, 6.45) is 2.43. The molecule has 1 aliphatic heterocycles. The van der Waals surface area contributed by atoms with Gasteiger partial charge in [-0.05, 0) is 36.5 Å². The summed E-state index contributed by atoms with van der Waals surface area (Å²) in [5.41, 5.74) is 11.9. The zero-order valence-corrected chi connectivity index (χ0v) is 23.7. The highest BCUT2D eigenvalue weighted by atomic mass is 16.5. The number of nitrogens with two attached hydrogens (primary N) is 2. The molecule has 42 heavy (non-hydrogen) atoms. The van der Waals surface area contributed by atoms with Gasteiger partial charge in [-0.2, -0.15) is 0 Å². The van der Waals surface area contributed by atoms with Gasteiger partial charge in [-0.15, -0.1) is 0 Å². The first-order valence-corrected chi connectivity index (χ1v) is 13.3. The molecule has 3 unspecified atom stereocenters. The molecule has 2 rings (SSSR count). The van der Waals surface area contributed by atoms with Crippen LogP contribution in [0.4, 0.5) is 10.5 Å². The van der Waals surface area contributed by atoms with Crippen LogP contribution in [-0.4, -0.2) is 77.7 Å². The van der Waals surface area contributed by atoms with Gasteiger partial charge < -0.3 is 37.5 Å². The van der Waals surface area contributed by atoms with Gasteiger partial charge in [-0.25, -0.2) is 4.79 Å². The molecule has 228 valence electrons. The van der Waals surface area contributed by atoms with Gasteiger partial charge in [0, 0.05) is 37.9 Å². The first-order valence-electron chi connectivity index (χ1n) is 13.3. The number of amides is 7. The summed E-state index contributed by atoms with van der Waals surface area (Å²) >= 11 is 0. The Morgan fingerprint density at radius 3 is 2.07 bits per heavy atom. The predicted molar refractivity (Wildman–Crippen MR) is 150 cm³/mol. The molecule has 1 aromatic rings. The Balaban J connectivity index is 2.15. The normalized spacial score (nSPS) is 14.6. The van der Waals surface area contributed by atoms with Crippen molar-refractivity contribution in [2.75, 3.05) is 18.4 Å². The molecule has 0 aliphatic carbocycles. The lowest BCUT2D eigenvalue weighted by Crippen LogP contribution is -2.60. The number of ether oxygens (including phenoxy) is 1. The molecule has 0 fully saturated rings. The Hall–Kier alpha value is -4.79. The van der Waals surface area contributed by atoms with Crippen LogP contribution in [0, 0.1) is 5.92 Å². The second-order valence-electron chi connectivity index (χ2n) is 9.82. The van der Waals surface area contributed by atoms with Gasteiger partial charge in [-0.3, -0.25) is 33.7 Å². The van der Waals surface area contributed by atoms with Crippen molar-refractivity contribution in [3.05, 3.63) is 42.0 Å². The standard InChI is InChI=1S/C27H37N7O8/c1-15(2)23(33-25(39)20(13-28)34-21(36)10-11-22(34)37)26(40)32-19(5-4-12-30-27(29)41)24(38)31-18-8-6-17(7-9-18)14-42-16(3)35/h6-11,15,19-20,23H,4-5,12-14,28H2,1-3H3,(H,31,38)(H,32,40)(H,33,39)(H3,29,30,41). The molecule has 15 heteroatoms. The molecule has 1 heterocycles. The lowest BCUT2D eigenvalue weighted by molar-refractivity contribution is -0.146. The van der Waals surface area contributed by atoms with E-state index >= 15 is 0 Å². The van der Waals surface area contributed by atoms with Crippen molar-refractivity contribution < 1.29 is 38.3 Å². The molecular weight excluding hydrogens is 550 g/mol. The summed E-state index contributed by atoms with van der Waals surface area (Å²) in [5.74, 6) is -4.35. The van der Waals surface area contributed by atoms with Gasteiger partial charge in [0.15, 0.2) is 0 Å². The first kappa shape index (κ1) is 33.4. The van der Waals surface area contributed by atoms with Gasteiger partial charge >= 0.3 is 12.0 Å². The van der Waals surface area contributed by atoms with E-state index in [-0.39, 0.29) is 32.5 Å². The Bertz CT molecular complexity index is 1200. The quantitative estimate of drug-likeness (QED) is 0.0839. The minimum atomic E-state index is -1.34. The molecule has 7 amide bonds. The van der Waals surface area contributed by atoms with Crippen molar-refractivity contribution in [2.24, 2.45) is 17.4 Å². The maximum atomic E-state index is 13.3. The number of primary amides is 1. The molecule has 15 nitrogen and oxygen atoms in total. The molecule has 0 radical (unpaired) electrons. The van der Waals surface area contributed by atoms with Crippen molar-refractivity contribution in [3.8, 4) is 0 Å². The minimum Gasteiger partial charge on any atom is -0.461 e. The topological polar surface area (TPSA) is 232 Å². The molecule has 3 atom stereocenters. The SMILES string of the molecule is CC(=O)OCc1ccc(NC(=O)C(CCCNC(N)=O)NC(=O)C(NC(=O)C(CN)N2C(=O)C=CC2=O)C(C)C)cc1. The minimum absolute atomic E-state index is 0.0685. The zero-order chi connectivity index (χ0) is 31.4. The van der Waals surface area contributed by atoms with E-state index in [4.69, 9.17) is 16.2 Å². The van der Waals surface area contributed by atoms with E-state index in [0.29, 0.717) is 16.2 Å². The second-order valence-corrected chi connectivity index (χ2v) is 9.82. The number of esters is 1. The maximum absolute atomic E-state index is 13.3. The van der Waals surface area contributed by atoms with Crippen LogP contribution < -0.4 is 32.7 Å². The number of carbonyl (C=O) groups is 7. The smallest absolute Gasteiger partial charge is 0.312 e. The third-order valence-corrected chi connectivity index (χ3v) is 6.19. The summed E-state index contributed by atoms with van der Waals surface area (Å²) < 4.78 is 4.94. The van der Waals surface area contributed by atoms with E-state index in [9.17, 15) is 33.6 Å². The average Bonchev–Trinajstić information content (AvgIpc) is 3.25. The summed E-state index contributed by atoms with van der Waals surface area (Å²) in [6, 6.07) is 2.22. The molecule has 1 aromatic carbocycles. The van der Waals surface area contributed by atoms with E-state index in [2.05, 4.69) is 21.3 Å². The number of urea groups is 1. The average molecular weight is 588 g/mol. The largest absolute Gasteiger partial charge is 0.461 e. The highest BCUT2D eigenvalue weighted by Gasteiger charge is 2.37. The zero-order valence-electron chi connectivity index (χ0n) is 23.7. The Morgan fingerprint density at radius 2 is 1.55 bits per heavy atom. The molecule has 1 aliphatic rings. The molecule has 8 N–H and O–H groups in total. The number of nitrogens with one attached hydrogen (secondary N) is 4. The van der Waals surface area contributed by atoms with E-state index in [1.165, 1.54) is 6.92 Å². The number of hydrogen-bond acceptors (Lipinski definition) is 9. The fourth-order valence-electron chi connectivity index (χ4n) is 3.98. The Morgan fingerprint density at radius 1 is 0.929 bits per heavy atom. The summed E-state index contributed by atoms with van der Waals surface area (Å²) in [6.45, 7) is 4.47. The third-order valence-electron chi connectivity index (χ3n) is 6.19. The summed E-state index contributed by atoms with van der Waals surface area (Å²) in [5, 5.41) is 10.3. The number of rotatable bonds is 15. The number of hydrogen-bond donors (Lipinski definition) is 6. The lowest BCUT2D eigenvalue weighted by Gasteiger charge is -2.29. The van der Waals surface area contributed by atoms with Crippen LogP contribution in [-0.2, 0) is 40.1 Å². The van der Waals surface area contributed by atoms with Gasteiger partial charge in [0.1, 0.15) is 24.7 Å². The van der Waals surface area contributed by atoms with Crippen LogP contribution in [0.5, 0.6) is 0 Å². The van der Waals surface area contributed by atoms with Crippen LogP contribution in [0.15, 0.2) is 36.4 Å². The molecule has 0 saturated heterocycles. The maximum Gasteiger partial charge on any atom is 0.312 e. The summed E-state index contributed by atoms with van der Waals surface area (Å²) in [4.78, 5) is 86.4. The molecular formula is C27H37N7O8. The fraction of sp³-hybridized carbons (Fsp3) is 0.444. The van der Waals surface area contributed by atoms with Crippen LogP contribution in [0.3, 0.4) is 0 Å². The van der Waals surface area contributed by atoms with Crippen molar-refractivity contribution in [1.82, 2.24) is 20.9 Å². The number of carbonyl (C=O) groups excluding carboxylic acids is 7. The number of anilines is 1. The van der Waals surface area contributed by atoms with Crippen molar-refractivity contribution in [1.29, 1.82) is 0 Å². The van der Waals surface area contributed by atoms with E-state index in [0.717, 1.165) is 12.2 Å². The highest BCUT2D eigenvalue weighted by Crippen LogP contribution is 2.14. The summed E-state index contributed by atoms with van der Waals surface area (Å²) in [7, 11) is 0. The third kappa shape index (κ3) is 9.99. The predicted octanol–water partition coefficient (Wildman–Crippen LogP) is -0.985. The van der Waals surface area contributed by atoms with E-state index in [1.807, 2.05) is 0 Å². The van der Waals surface area contributed by atoms with E-state index in [1.54, 1.807) is 38.1 Å². The van der Waals surface area contributed by atoms with Gasteiger partial charge in [-0.1, -0.05) is 26.0 Å². The number of benzene rings is 1. The van der Waals surface area contributed by atoms with Crippen LogP contribution in [0.2, 0.25) is 0 Å². The van der Waals surface area contributed by atoms with Crippen LogP contribution in [0.1, 0.15) is 39.2 Å². The second kappa shape index (κ2) is 15.9. The number of nitrogens with zero attached hydrogens (tertiary/aromatic N) is 1. The lowest BCUT2D eigenvalue weighted by atomic mass is 10.0. The van der Waals surface area contributed by atoms with Gasteiger partial charge in [0.05, 0.1) is 0 Å². The number of imide groups is 1. The monoisotopic (exact) mass is 587 g/mol. The molecule has 0 spiro atoms. The fourth-order valence-corrected chi connectivity index (χ4v) is 3.98. The van der Waals surface area contributed by atoms with E-state index < -0.39 is 65.6 Å². The van der Waals surface area contributed by atoms with Gasteiger partial charge in [0.25, 0.3) is 11.8 Å². The highest BCUT2D eigenvalue weighted by molar-refractivity contribution is 6.15. The Kier molecular flexibility index (Phi) is 12.6. The van der Waals surface area contributed by atoms with Crippen molar-refractivity contribution >= 4 is 47.2 Å². The van der Waals surface area contributed by atoms with Crippen LogP contribution in [0.25, 0.3) is 0 Å². The molecule has 0 aromatic heterocycles. The van der Waals surface area contributed by atoms with Crippen molar-refractivity contribution in [3.63, 3.8) is 0 Å². The van der Waals surface area contributed by atoms with Crippen molar-refractivity contribution in [2.45, 2.75) is 58.3 Å². The first-order chi connectivity index (χ1) is 19.8.